The number of rotatable bonds is 3. The third-order valence-electron chi connectivity index (χ3n) is 2.55. The predicted molar refractivity (Wildman–Crippen MR) is 90.5 cm³/mol. The van der Waals surface area contributed by atoms with Crippen molar-refractivity contribution in [2.75, 3.05) is 11.6 Å². The molecule has 8 heteroatoms. The number of aromatic nitrogens is 1. The van der Waals surface area contributed by atoms with Gasteiger partial charge in [-0.05, 0) is 18.4 Å². The summed E-state index contributed by atoms with van der Waals surface area (Å²) in [6, 6.07) is 7.35. The molecule has 0 aliphatic carbocycles. The van der Waals surface area contributed by atoms with Crippen LogP contribution in [0.5, 0.6) is 0 Å². The monoisotopic (exact) mass is 380 g/mol. The quantitative estimate of drug-likeness (QED) is 0.550. The smallest absolute Gasteiger partial charge is 0.275 e. The summed E-state index contributed by atoms with van der Waals surface area (Å²) >= 11 is 25.1. The number of nitrogens with one attached hydrogen (secondary N) is 1. The van der Waals surface area contributed by atoms with Crippen LogP contribution in [0.3, 0.4) is 0 Å². The molecule has 3 nitrogen and oxygen atoms in total. The molecule has 110 valence electrons. The molecule has 0 bridgehead atoms. The molecule has 2 aromatic rings. The van der Waals surface area contributed by atoms with Crippen molar-refractivity contribution in [1.29, 1.82) is 0 Å². The van der Waals surface area contributed by atoms with E-state index in [0.29, 0.717) is 5.69 Å². The highest BCUT2D eigenvalue weighted by atomic mass is 35.5. The second kappa shape index (κ2) is 7.07. The first-order chi connectivity index (χ1) is 9.95. The van der Waals surface area contributed by atoms with Crippen molar-refractivity contribution in [3.8, 4) is 0 Å². The molecule has 2 rings (SSSR count). The molecule has 0 saturated heterocycles. The van der Waals surface area contributed by atoms with Crippen molar-refractivity contribution in [3.05, 3.63) is 50.2 Å². The average molecular weight is 382 g/mol. The van der Waals surface area contributed by atoms with Gasteiger partial charge in [0, 0.05) is 4.90 Å². The van der Waals surface area contributed by atoms with E-state index in [0.717, 1.165) is 4.90 Å². The number of pyridine rings is 1. The van der Waals surface area contributed by atoms with Crippen molar-refractivity contribution in [1.82, 2.24) is 4.98 Å². The number of carbonyl (C=O) groups is 1. The number of para-hydroxylation sites is 1. The summed E-state index contributed by atoms with van der Waals surface area (Å²) < 4.78 is 0. The standard InChI is InChI=1S/C13H8Cl4N2OS/c1-21-7-5-3-2-4-6(7)18-13(20)11-9(15)8(14)10(16)12(17)19-11/h2-5H,1H3,(H,18,20). The number of hydrogen-bond acceptors (Lipinski definition) is 3. The summed E-state index contributed by atoms with van der Waals surface area (Å²) in [6.45, 7) is 0. The summed E-state index contributed by atoms with van der Waals surface area (Å²) in [4.78, 5) is 17.1. The molecule has 0 fully saturated rings. The maximum atomic E-state index is 12.3. The fourth-order valence-electron chi connectivity index (χ4n) is 1.57. The van der Waals surface area contributed by atoms with Gasteiger partial charge in [0.2, 0.25) is 0 Å². The number of benzene rings is 1. The van der Waals surface area contributed by atoms with Crippen molar-refractivity contribution in [3.63, 3.8) is 0 Å². The molecule has 1 amide bonds. The molecule has 1 aromatic heterocycles. The van der Waals surface area contributed by atoms with Crippen molar-refractivity contribution >= 4 is 69.8 Å². The number of anilines is 1. The van der Waals surface area contributed by atoms with E-state index in [1.807, 2.05) is 24.5 Å². The van der Waals surface area contributed by atoms with Crippen LogP contribution in [-0.2, 0) is 0 Å². The molecule has 1 aromatic carbocycles. The molecule has 1 heterocycles. The molecule has 0 aliphatic heterocycles. The number of carbonyl (C=O) groups excluding carboxylic acids is 1. The fraction of sp³-hybridized carbons (Fsp3) is 0.0769. The Morgan fingerprint density at radius 1 is 1.10 bits per heavy atom. The van der Waals surface area contributed by atoms with Gasteiger partial charge in [-0.25, -0.2) is 4.98 Å². The Labute approximate surface area is 145 Å². The van der Waals surface area contributed by atoms with E-state index in [4.69, 9.17) is 46.4 Å². The lowest BCUT2D eigenvalue weighted by Gasteiger charge is -2.11. The number of nitrogens with zero attached hydrogens (tertiary/aromatic N) is 1. The van der Waals surface area contributed by atoms with E-state index < -0.39 is 5.91 Å². The Kier molecular flexibility index (Phi) is 5.63. The van der Waals surface area contributed by atoms with E-state index in [2.05, 4.69) is 10.3 Å². The fourth-order valence-corrected chi connectivity index (χ4v) is 2.93. The van der Waals surface area contributed by atoms with Gasteiger partial charge in [-0.2, -0.15) is 0 Å². The number of thioether (sulfide) groups is 1. The summed E-state index contributed by atoms with van der Waals surface area (Å²) in [6.07, 6.45) is 1.91. The molecule has 0 unspecified atom stereocenters. The second-order valence-electron chi connectivity index (χ2n) is 3.85. The predicted octanol–water partition coefficient (Wildman–Crippen LogP) is 5.67. The van der Waals surface area contributed by atoms with Gasteiger partial charge in [0.1, 0.15) is 10.8 Å². The molecule has 0 radical (unpaired) electrons. The number of amides is 1. The van der Waals surface area contributed by atoms with Crippen LogP contribution >= 0.6 is 58.2 Å². The number of halogens is 4. The highest BCUT2D eigenvalue weighted by Crippen LogP contribution is 2.36. The zero-order valence-corrected chi connectivity index (χ0v) is 14.4. The van der Waals surface area contributed by atoms with Crippen LogP contribution in [0.4, 0.5) is 5.69 Å². The van der Waals surface area contributed by atoms with Gasteiger partial charge in [-0.1, -0.05) is 58.5 Å². The highest BCUT2D eigenvalue weighted by molar-refractivity contribution is 7.98. The van der Waals surface area contributed by atoms with Crippen LogP contribution < -0.4 is 5.32 Å². The van der Waals surface area contributed by atoms with E-state index in [1.165, 1.54) is 11.8 Å². The van der Waals surface area contributed by atoms with Gasteiger partial charge in [0.25, 0.3) is 5.91 Å². The Morgan fingerprint density at radius 3 is 2.43 bits per heavy atom. The summed E-state index contributed by atoms with van der Waals surface area (Å²) in [5, 5.41) is 2.63. The van der Waals surface area contributed by atoms with Crippen LogP contribution in [0.2, 0.25) is 20.2 Å². The maximum Gasteiger partial charge on any atom is 0.275 e. The lowest BCUT2D eigenvalue weighted by atomic mass is 10.3. The van der Waals surface area contributed by atoms with Gasteiger partial charge in [0.05, 0.1) is 20.8 Å². The zero-order chi connectivity index (χ0) is 15.6. The molecule has 0 aliphatic rings. The molecule has 0 saturated carbocycles. The minimum absolute atomic E-state index is 0.00151. The molecule has 0 atom stereocenters. The third-order valence-corrected chi connectivity index (χ3v) is 5.03. The van der Waals surface area contributed by atoms with E-state index in [1.54, 1.807) is 6.07 Å². The molecule has 1 N–H and O–H groups in total. The largest absolute Gasteiger partial charge is 0.320 e. The van der Waals surface area contributed by atoms with Gasteiger partial charge < -0.3 is 5.32 Å². The van der Waals surface area contributed by atoms with Crippen LogP contribution in [0.25, 0.3) is 0 Å². The SMILES string of the molecule is CSc1ccccc1NC(=O)c1nc(Cl)c(Cl)c(Cl)c1Cl. The summed E-state index contributed by atoms with van der Waals surface area (Å²) in [5.41, 5.74) is 0.571. The molecular formula is C13H8Cl4N2OS. The zero-order valence-electron chi connectivity index (χ0n) is 10.6. The van der Waals surface area contributed by atoms with Crippen LogP contribution in [0.15, 0.2) is 29.2 Å². The number of hydrogen-bond donors (Lipinski definition) is 1. The normalized spacial score (nSPS) is 10.5. The highest BCUT2D eigenvalue weighted by Gasteiger charge is 2.20. The first kappa shape index (κ1) is 16.7. The van der Waals surface area contributed by atoms with Gasteiger partial charge in [0.15, 0.2) is 0 Å². The Morgan fingerprint density at radius 2 is 1.76 bits per heavy atom. The van der Waals surface area contributed by atoms with Gasteiger partial charge >= 0.3 is 0 Å². The third kappa shape index (κ3) is 3.58. The first-order valence-electron chi connectivity index (χ1n) is 5.60. The lowest BCUT2D eigenvalue weighted by Crippen LogP contribution is -2.15. The Bertz CT molecular complexity index is 709. The van der Waals surface area contributed by atoms with E-state index in [9.17, 15) is 4.79 Å². The minimum atomic E-state index is -0.512. The van der Waals surface area contributed by atoms with Crippen LogP contribution in [0, 0.1) is 0 Å². The van der Waals surface area contributed by atoms with Crippen LogP contribution in [-0.4, -0.2) is 17.1 Å². The molecular weight excluding hydrogens is 374 g/mol. The van der Waals surface area contributed by atoms with E-state index >= 15 is 0 Å². The summed E-state index contributed by atoms with van der Waals surface area (Å²) in [5.74, 6) is -0.512. The van der Waals surface area contributed by atoms with Crippen molar-refractivity contribution in [2.45, 2.75) is 4.90 Å². The topological polar surface area (TPSA) is 42.0 Å². The van der Waals surface area contributed by atoms with Gasteiger partial charge in [-0.15, -0.1) is 11.8 Å². The Hall–Kier alpha value is -0.650. The Balaban J connectivity index is 2.38. The molecule has 0 spiro atoms. The minimum Gasteiger partial charge on any atom is -0.320 e. The van der Waals surface area contributed by atoms with Crippen LogP contribution in [0.1, 0.15) is 10.5 Å². The van der Waals surface area contributed by atoms with Crippen molar-refractivity contribution in [2.24, 2.45) is 0 Å². The first-order valence-corrected chi connectivity index (χ1v) is 8.33. The van der Waals surface area contributed by atoms with Gasteiger partial charge in [-0.3, -0.25) is 4.79 Å². The average Bonchev–Trinajstić information content (AvgIpc) is 2.49. The maximum absolute atomic E-state index is 12.3. The van der Waals surface area contributed by atoms with E-state index in [-0.39, 0.29) is 25.9 Å². The van der Waals surface area contributed by atoms with Crippen molar-refractivity contribution < 1.29 is 4.79 Å². The summed E-state index contributed by atoms with van der Waals surface area (Å²) in [7, 11) is 0. The molecule has 21 heavy (non-hydrogen) atoms. The lowest BCUT2D eigenvalue weighted by molar-refractivity contribution is 0.102. The second-order valence-corrected chi connectivity index (χ2v) is 6.19.